The molecule has 7 heteroatoms. The van der Waals surface area contributed by atoms with Crippen LogP contribution in [0.2, 0.25) is 0 Å². The fourth-order valence-corrected chi connectivity index (χ4v) is 2.55. The fourth-order valence-electron chi connectivity index (χ4n) is 1.57. The lowest BCUT2D eigenvalue weighted by atomic mass is 10.3. The van der Waals surface area contributed by atoms with Gasteiger partial charge in [-0.05, 0) is 22.4 Å². The second-order valence-corrected chi connectivity index (χ2v) is 5.84. The van der Waals surface area contributed by atoms with E-state index in [-0.39, 0.29) is 5.56 Å². The highest BCUT2D eigenvalue weighted by molar-refractivity contribution is 9.10. The maximum Gasteiger partial charge on any atom is 0.283 e. The third-order valence-corrected chi connectivity index (χ3v) is 4.19. The molecule has 102 valence electrons. The summed E-state index contributed by atoms with van der Waals surface area (Å²) in [6, 6.07) is 0. The molecule has 0 aliphatic rings. The molecule has 19 heavy (non-hydrogen) atoms. The quantitative estimate of drug-likeness (QED) is 0.876. The Morgan fingerprint density at radius 2 is 2.32 bits per heavy atom. The minimum Gasteiger partial charge on any atom is -0.378 e. The molecule has 2 heterocycles. The molecule has 2 rings (SSSR count). The normalized spacial score (nSPS) is 10.6. The summed E-state index contributed by atoms with van der Waals surface area (Å²) in [7, 11) is 0. The van der Waals surface area contributed by atoms with Crippen LogP contribution in [0.15, 0.2) is 27.2 Å². The first-order chi connectivity index (χ1) is 9.22. The van der Waals surface area contributed by atoms with E-state index >= 15 is 0 Å². The van der Waals surface area contributed by atoms with Gasteiger partial charge in [0, 0.05) is 17.6 Å². The summed E-state index contributed by atoms with van der Waals surface area (Å²) < 4.78 is 2.02. The lowest BCUT2D eigenvalue weighted by Crippen LogP contribution is -2.24. The van der Waals surface area contributed by atoms with E-state index in [9.17, 15) is 4.79 Å². The molecule has 2 aromatic rings. The van der Waals surface area contributed by atoms with E-state index in [4.69, 9.17) is 0 Å². The Morgan fingerprint density at radius 1 is 1.47 bits per heavy atom. The van der Waals surface area contributed by atoms with E-state index < -0.39 is 0 Å². The van der Waals surface area contributed by atoms with Crippen molar-refractivity contribution in [1.82, 2.24) is 14.8 Å². The molecular weight excluding hydrogens is 328 g/mol. The van der Waals surface area contributed by atoms with Gasteiger partial charge < -0.3 is 5.32 Å². The lowest BCUT2D eigenvalue weighted by Gasteiger charge is -2.09. The van der Waals surface area contributed by atoms with Gasteiger partial charge in [0.2, 0.25) is 0 Å². The number of unbranched alkanes of at least 4 members (excludes halogenated alkanes) is 1. The molecule has 0 fully saturated rings. The Bertz CT molecular complexity index is 582. The zero-order chi connectivity index (χ0) is 13.7. The molecular formula is C12H15BrN4OS. The summed E-state index contributed by atoms with van der Waals surface area (Å²) >= 11 is 4.91. The first-order valence-electron chi connectivity index (χ1n) is 6.09. The van der Waals surface area contributed by atoms with Crippen LogP contribution < -0.4 is 10.9 Å². The van der Waals surface area contributed by atoms with Gasteiger partial charge in [-0.15, -0.1) is 11.3 Å². The van der Waals surface area contributed by atoms with Gasteiger partial charge in [-0.2, -0.15) is 5.10 Å². The number of thiazole rings is 1. The number of nitrogens with zero attached hydrogens (tertiary/aromatic N) is 3. The highest BCUT2D eigenvalue weighted by atomic mass is 79.9. The van der Waals surface area contributed by atoms with E-state index in [0.717, 1.165) is 17.7 Å². The van der Waals surface area contributed by atoms with Crippen molar-refractivity contribution in [2.24, 2.45) is 0 Å². The third kappa shape index (κ3) is 3.63. The van der Waals surface area contributed by atoms with Crippen molar-refractivity contribution in [3.63, 3.8) is 0 Å². The number of anilines is 1. The van der Waals surface area contributed by atoms with Gasteiger partial charge in [0.05, 0.1) is 23.9 Å². The number of hydrogen-bond acceptors (Lipinski definition) is 5. The Morgan fingerprint density at radius 3 is 3.00 bits per heavy atom. The van der Waals surface area contributed by atoms with Crippen molar-refractivity contribution in [2.75, 3.05) is 5.32 Å². The van der Waals surface area contributed by atoms with E-state index in [1.807, 2.05) is 6.20 Å². The number of rotatable bonds is 6. The third-order valence-electron chi connectivity index (χ3n) is 2.64. The van der Waals surface area contributed by atoms with Crippen molar-refractivity contribution in [2.45, 2.75) is 32.9 Å². The van der Waals surface area contributed by atoms with Crippen LogP contribution in [0, 0.1) is 0 Å². The molecule has 0 aliphatic carbocycles. The van der Waals surface area contributed by atoms with Gasteiger partial charge in [-0.3, -0.25) is 9.78 Å². The smallest absolute Gasteiger partial charge is 0.283 e. The Balaban J connectivity index is 2.09. The highest BCUT2D eigenvalue weighted by Crippen LogP contribution is 2.18. The maximum absolute atomic E-state index is 12.1. The molecule has 0 radical (unpaired) electrons. The summed E-state index contributed by atoms with van der Waals surface area (Å²) in [6.07, 6.45) is 5.48. The first kappa shape index (κ1) is 14.2. The van der Waals surface area contributed by atoms with Crippen molar-refractivity contribution >= 4 is 33.0 Å². The second-order valence-electron chi connectivity index (χ2n) is 4.08. The number of nitrogens with one attached hydrogen (secondary N) is 1. The van der Waals surface area contributed by atoms with Crippen molar-refractivity contribution in [3.05, 3.63) is 37.6 Å². The number of halogens is 1. The second kappa shape index (κ2) is 6.81. The zero-order valence-electron chi connectivity index (χ0n) is 10.6. The molecule has 0 amide bonds. The first-order valence-corrected chi connectivity index (χ1v) is 7.76. The molecule has 0 spiro atoms. The highest BCUT2D eigenvalue weighted by Gasteiger charge is 2.08. The Kier molecular flexibility index (Phi) is 5.09. The Labute approximate surface area is 123 Å². The Hall–Kier alpha value is -1.21. The summed E-state index contributed by atoms with van der Waals surface area (Å²) in [4.78, 5) is 17.2. The molecule has 1 N–H and O–H groups in total. The van der Waals surface area contributed by atoms with Crippen LogP contribution >= 0.6 is 27.3 Å². The van der Waals surface area contributed by atoms with E-state index in [1.54, 1.807) is 23.0 Å². The zero-order valence-corrected chi connectivity index (χ0v) is 13.0. The van der Waals surface area contributed by atoms with Crippen LogP contribution in [0.4, 0.5) is 5.69 Å². The van der Waals surface area contributed by atoms with Crippen LogP contribution in [-0.4, -0.2) is 14.8 Å². The molecule has 0 saturated heterocycles. The molecule has 0 aromatic carbocycles. The standard InChI is InChI=1S/C12H15BrN4OS/c1-2-3-4-17-12(18)11(13)10(7-16-17)15-6-9-5-14-8-19-9/h5,7-8,15H,2-4,6H2,1H3. The number of hydrogen-bond donors (Lipinski definition) is 1. The summed E-state index contributed by atoms with van der Waals surface area (Å²) in [5.74, 6) is 0. The summed E-state index contributed by atoms with van der Waals surface area (Å²) in [5.41, 5.74) is 2.40. The number of aryl methyl sites for hydroxylation is 1. The summed E-state index contributed by atoms with van der Waals surface area (Å²) in [5, 5.41) is 7.36. The monoisotopic (exact) mass is 342 g/mol. The average Bonchev–Trinajstić information content (AvgIpc) is 2.92. The number of aromatic nitrogens is 3. The van der Waals surface area contributed by atoms with Gasteiger partial charge in [0.1, 0.15) is 4.47 Å². The molecule has 5 nitrogen and oxygen atoms in total. The van der Waals surface area contributed by atoms with E-state index in [0.29, 0.717) is 23.2 Å². The lowest BCUT2D eigenvalue weighted by molar-refractivity contribution is 0.541. The van der Waals surface area contributed by atoms with Gasteiger partial charge in [0.15, 0.2) is 0 Å². The van der Waals surface area contributed by atoms with Crippen molar-refractivity contribution in [1.29, 1.82) is 0 Å². The molecule has 0 atom stereocenters. The largest absolute Gasteiger partial charge is 0.378 e. The van der Waals surface area contributed by atoms with Gasteiger partial charge >= 0.3 is 0 Å². The maximum atomic E-state index is 12.1. The van der Waals surface area contributed by atoms with Gasteiger partial charge in [-0.1, -0.05) is 13.3 Å². The SMILES string of the molecule is CCCCn1ncc(NCc2cncs2)c(Br)c1=O. The molecule has 0 saturated carbocycles. The topological polar surface area (TPSA) is 59.8 Å². The minimum atomic E-state index is -0.0947. The van der Waals surface area contributed by atoms with Crippen molar-refractivity contribution in [3.8, 4) is 0 Å². The van der Waals surface area contributed by atoms with Crippen molar-refractivity contribution < 1.29 is 0 Å². The average molecular weight is 343 g/mol. The molecule has 2 aromatic heterocycles. The molecule has 0 unspecified atom stereocenters. The minimum absolute atomic E-state index is 0.0947. The predicted octanol–water partition coefficient (Wildman–Crippen LogP) is 2.87. The predicted molar refractivity (Wildman–Crippen MR) is 80.5 cm³/mol. The van der Waals surface area contributed by atoms with Crippen LogP contribution in [0.1, 0.15) is 24.6 Å². The fraction of sp³-hybridized carbons (Fsp3) is 0.417. The summed E-state index contributed by atoms with van der Waals surface area (Å²) in [6.45, 7) is 3.39. The molecule has 0 aliphatic heterocycles. The van der Waals surface area contributed by atoms with Crippen LogP contribution in [0.3, 0.4) is 0 Å². The van der Waals surface area contributed by atoms with E-state index in [1.165, 1.54) is 4.68 Å². The van der Waals surface area contributed by atoms with Crippen LogP contribution in [0.25, 0.3) is 0 Å². The van der Waals surface area contributed by atoms with Crippen LogP contribution in [0.5, 0.6) is 0 Å². The van der Waals surface area contributed by atoms with Gasteiger partial charge in [0.25, 0.3) is 5.56 Å². The van der Waals surface area contributed by atoms with Gasteiger partial charge in [-0.25, -0.2) is 4.68 Å². The molecule has 0 bridgehead atoms. The van der Waals surface area contributed by atoms with E-state index in [2.05, 4.69) is 38.3 Å². The van der Waals surface area contributed by atoms with Crippen LogP contribution in [-0.2, 0) is 13.1 Å².